The molecule has 1 aliphatic rings. The molecule has 1 saturated heterocycles. The van der Waals surface area contributed by atoms with Crippen LogP contribution in [0.5, 0.6) is 0 Å². The number of hydrogen-bond donors (Lipinski definition) is 1. The van der Waals surface area contributed by atoms with Crippen LogP contribution in [0, 0.1) is 13.8 Å². The molecule has 3 nitrogen and oxygen atoms in total. The summed E-state index contributed by atoms with van der Waals surface area (Å²) in [5, 5.41) is 9.48. The van der Waals surface area contributed by atoms with E-state index < -0.39 is 0 Å². The molecule has 1 aromatic carbocycles. The van der Waals surface area contributed by atoms with Crippen LogP contribution in [0.1, 0.15) is 18.1 Å². The van der Waals surface area contributed by atoms with Gasteiger partial charge in [-0.1, -0.05) is 6.07 Å². The first-order chi connectivity index (χ1) is 8.51. The lowest BCUT2D eigenvalue weighted by Gasteiger charge is -2.44. The normalized spacial score (nSPS) is 25.5. The van der Waals surface area contributed by atoms with Crippen molar-refractivity contribution in [1.82, 2.24) is 4.90 Å². The standard InChI is InChI=1S/C15H24N2O/c1-11-5-12(2)7-14(6-11)17-8-13(3)16(4)15(9-17)10-18/h5-7,13,15,18H,8-10H2,1-4H3. The number of likely N-dealkylation sites (N-methyl/N-ethyl adjacent to an activating group) is 1. The van der Waals surface area contributed by atoms with Crippen LogP contribution in [0.25, 0.3) is 0 Å². The number of rotatable bonds is 2. The van der Waals surface area contributed by atoms with E-state index >= 15 is 0 Å². The molecular formula is C15H24N2O. The minimum atomic E-state index is 0.224. The first-order valence-corrected chi connectivity index (χ1v) is 6.67. The average molecular weight is 248 g/mol. The van der Waals surface area contributed by atoms with E-state index in [1.54, 1.807) is 0 Å². The molecule has 0 aromatic heterocycles. The number of aliphatic hydroxyl groups is 1. The van der Waals surface area contributed by atoms with Crippen LogP contribution in [-0.4, -0.2) is 48.8 Å². The van der Waals surface area contributed by atoms with E-state index in [1.807, 2.05) is 0 Å². The van der Waals surface area contributed by atoms with Crippen molar-refractivity contribution in [2.45, 2.75) is 32.9 Å². The Morgan fingerprint density at radius 1 is 1.17 bits per heavy atom. The van der Waals surface area contributed by atoms with Gasteiger partial charge < -0.3 is 10.0 Å². The van der Waals surface area contributed by atoms with Crippen LogP contribution < -0.4 is 4.90 Å². The van der Waals surface area contributed by atoms with E-state index in [0.717, 1.165) is 13.1 Å². The van der Waals surface area contributed by atoms with Gasteiger partial charge in [-0.3, -0.25) is 4.90 Å². The van der Waals surface area contributed by atoms with Gasteiger partial charge in [-0.2, -0.15) is 0 Å². The second-order valence-corrected chi connectivity index (χ2v) is 5.60. The van der Waals surface area contributed by atoms with Crippen LogP contribution in [0.15, 0.2) is 18.2 Å². The third-order valence-corrected chi connectivity index (χ3v) is 3.97. The second kappa shape index (κ2) is 5.29. The third-order valence-electron chi connectivity index (χ3n) is 3.97. The van der Waals surface area contributed by atoms with E-state index in [4.69, 9.17) is 0 Å². The largest absolute Gasteiger partial charge is 0.395 e. The first kappa shape index (κ1) is 13.4. The number of aryl methyl sites for hydroxylation is 2. The van der Waals surface area contributed by atoms with E-state index in [2.05, 4.69) is 55.8 Å². The van der Waals surface area contributed by atoms with Crippen molar-refractivity contribution in [1.29, 1.82) is 0 Å². The summed E-state index contributed by atoms with van der Waals surface area (Å²) in [6.07, 6.45) is 0. The molecule has 0 radical (unpaired) electrons. The molecule has 2 unspecified atom stereocenters. The molecular weight excluding hydrogens is 224 g/mol. The number of piperazine rings is 1. The Bertz CT molecular complexity index is 399. The Morgan fingerprint density at radius 2 is 1.78 bits per heavy atom. The zero-order chi connectivity index (χ0) is 13.3. The molecule has 1 aliphatic heterocycles. The van der Waals surface area contributed by atoms with Crippen LogP contribution in [0.2, 0.25) is 0 Å². The van der Waals surface area contributed by atoms with Gasteiger partial charge in [0.1, 0.15) is 0 Å². The van der Waals surface area contributed by atoms with Crippen molar-refractivity contribution in [2.75, 3.05) is 31.6 Å². The predicted octanol–water partition coefficient (Wildman–Crippen LogP) is 1.80. The summed E-state index contributed by atoms with van der Waals surface area (Å²) in [5.74, 6) is 0. The Balaban J connectivity index is 2.22. The molecule has 1 N–H and O–H groups in total. The number of benzene rings is 1. The highest BCUT2D eigenvalue weighted by Gasteiger charge is 2.29. The van der Waals surface area contributed by atoms with Crippen molar-refractivity contribution in [3.8, 4) is 0 Å². The van der Waals surface area contributed by atoms with Gasteiger partial charge >= 0.3 is 0 Å². The smallest absolute Gasteiger partial charge is 0.0604 e. The number of hydrogen-bond acceptors (Lipinski definition) is 3. The molecule has 2 rings (SSSR count). The second-order valence-electron chi connectivity index (χ2n) is 5.60. The molecule has 1 aromatic rings. The van der Waals surface area contributed by atoms with Crippen molar-refractivity contribution in [2.24, 2.45) is 0 Å². The summed E-state index contributed by atoms with van der Waals surface area (Å²) in [5.41, 5.74) is 3.89. The van der Waals surface area contributed by atoms with Crippen LogP contribution >= 0.6 is 0 Å². The highest BCUT2D eigenvalue weighted by atomic mass is 16.3. The molecule has 0 spiro atoms. The highest BCUT2D eigenvalue weighted by molar-refractivity contribution is 5.51. The maximum Gasteiger partial charge on any atom is 0.0604 e. The van der Waals surface area contributed by atoms with Gasteiger partial charge in [-0.05, 0) is 51.1 Å². The van der Waals surface area contributed by atoms with Crippen molar-refractivity contribution in [3.63, 3.8) is 0 Å². The van der Waals surface area contributed by atoms with Crippen molar-refractivity contribution >= 4 is 5.69 Å². The highest BCUT2D eigenvalue weighted by Crippen LogP contribution is 2.23. The van der Waals surface area contributed by atoms with E-state index in [0.29, 0.717) is 6.04 Å². The summed E-state index contributed by atoms with van der Waals surface area (Å²) < 4.78 is 0. The molecule has 0 aliphatic carbocycles. The quantitative estimate of drug-likeness (QED) is 0.864. The molecule has 0 bridgehead atoms. The van der Waals surface area contributed by atoms with E-state index in [1.165, 1.54) is 16.8 Å². The SMILES string of the molecule is Cc1cc(C)cc(N2CC(C)N(C)C(CO)C2)c1. The molecule has 0 amide bonds. The number of aliphatic hydroxyl groups excluding tert-OH is 1. The predicted molar refractivity (Wildman–Crippen MR) is 76.2 cm³/mol. The first-order valence-electron chi connectivity index (χ1n) is 6.67. The van der Waals surface area contributed by atoms with Gasteiger partial charge in [0.25, 0.3) is 0 Å². The zero-order valence-corrected chi connectivity index (χ0v) is 11.8. The lowest BCUT2D eigenvalue weighted by atomic mass is 10.1. The van der Waals surface area contributed by atoms with Gasteiger partial charge in [0.2, 0.25) is 0 Å². The lowest BCUT2D eigenvalue weighted by Crippen LogP contribution is -2.57. The van der Waals surface area contributed by atoms with Crippen molar-refractivity contribution < 1.29 is 5.11 Å². The maximum absolute atomic E-state index is 9.48. The molecule has 1 heterocycles. The Labute approximate surface area is 110 Å². The van der Waals surface area contributed by atoms with Crippen LogP contribution in [0.3, 0.4) is 0 Å². The summed E-state index contributed by atoms with van der Waals surface area (Å²) in [4.78, 5) is 4.67. The van der Waals surface area contributed by atoms with Crippen molar-refractivity contribution in [3.05, 3.63) is 29.3 Å². The summed E-state index contributed by atoms with van der Waals surface area (Å²) in [6.45, 7) is 8.65. The monoisotopic (exact) mass is 248 g/mol. The summed E-state index contributed by atoms with van der Waals surface area (Å²) in [7, 11) is 2.10. The van der Waals surface area contributed by atoms with Crippen LogP contribution in [0.4, 0.5) is 5.69 Å². The molecule has 2 atom stereocenters. The van der Waals surface area contributed by atoms with Gasteiger partial charge in [-0.25, -0.2) is 0 Å². The Morgan fingerprint density at radius 3 is 2.33 bits per heavy atom. The summed E-state index contributed by atoms with van der Waals surface area (Å²) in [6, 6.07) is 7.37. The van der Waals surface area contributed by atoms with Crippen LogP contribution in [-0.2, 0) is 0 Å². The fourth-order valence-electron chi connectivity index (χ4n) is 2.80. The molecule has 18 heavy (non-hydrogen) atoms. The van der Waals surface area contributed by atoms with Gasteiger partial charge in [-0.15, -0.1) is 0 Å². The Hall–Kier alpha value is -1.06. The van der Waals surface area contributed by atoms with E-state index in [9.17, 15) is 5.11 Å². The molecule has 0 saturated carbocycles. The maximum atomic E-state index is 9.48. The fraction of sp³-hybridized carbons (Fsp3) is 0.600. The molecule has 1 fully saturated rings. The number of anilines is 1. The topological polar surface area (TPSA) is 26.7 Å². The fourth-order valence-corrected chi connectivity index (χ4v) is 2.80. The number of nitrogens with zero attached hydrogens (tertiary/aromatic N) is 2. The zero-order valence-electron chi connectivity index (χ0n) is 11.8. The van der Waals surface area contributed by atoms with Gasteiger partial charge in [0, 0.05) is 24.8 Å². The summed E-state index contributed by atoms with van der Waals surface area (Å²) >= 11 is 0. The minimum absolute atomic E-state index is 0.224. The molecule has 100 valence electrons. The van der Waals surface area contributed by atoms with E-state index in [-0.39, 0.29) is 12.6 Å². The minimum Gasteiger partial charge on any atom is -0.395 e. The van der Waals surface area contributed by atoms with Gasteiger partial charge in [0.15, 0.2) is 0 Å². The third kappa shape index (κ3) is 2.68. The van der Waals surface area contributed by atoms with Gasteiger partial charge in [0.05, 0.1) is 12.6 Å². The lowest BCUT2D eigenvalue weighted by molar-refractivity contribution is 0.0996. The molecule has 3 heteroatoms. The average Bonchev–Trinajstić information content (AvgIpc) is 2.31. The Kier molecular flexibility index (Phi) is 3.93.